The second-order valence-corrected chi connectivity index (χ2v) is 9.09. The van der Waals surface area contributed by atoms with E-state index in [1.807, 2.05) is 12.1 Å². The fourth-order valence-electron chi connectivity index (χ4n) is 4.36. The number of pyridine rings is 1. The number of aromatic nitrogens is 1. The Bertz CT molecular complexity index is 957. The number of nitrogens with one attached hydrogen (secondary N) is 1. The predicted octanol–water partition coefficient (Wildman–Crippen LogP) is 2.36. The smallest absolute Gasteiger partial charge is 0.358 e. The molecule has 178 valence electrons. The van der Waals surface area contributed by atoms with Gasteiger partial charge in [0.05, 0.1) is 5.69 Å². The number of anilines is 1. The van der Waals surface area contributed by atoms with Crippen molar-refractivity contribution >= 4 is 11.7 Å². The van der Waals surface area contributed by atoms with Gasteiger partial charge in [0.1, 0.15) is 6.61 Å². The van der Waals surface area contributed by atoms with E-state index in [1.165, 1.54) is 5.56 Å². The molecule has 0 atom stereocenters. The van der Waals surface area contributed by atoms with Crippen molar-refractivity contribution in [1.29, 1.82) is 0 Å². The van der Waals surface area contributed by atoms with Crippen molar-refractivity contribution in [1.82, 2.24) is 19.7 Å². The Hall–Kier alpha value is -2.68. The van der Waals surface area contributed by atoms with Crippen LogP contribution in [-0.4, -0.2) is 104 Å². The zero-order valence-corrected chi connectivity index (χ0v) is 19.7. The van der Waals surface area contributed by atoms with Gasteiger partial charge in [0.2, 0.25) is 0 Å². The van der Waals surface area contributed by atoms with E-state index >= 15 is 0 Å². The summed E-state index contributed by atoms with van der Waals surface area (Å²) in [4.78, 5) is 23.4. The predicted molar refractivity (Wildman–Crippen MR) is 130 cm³/mol. The summed E-state index contributed by atoms with van der Waals surface area (Å²) < 4.78 is 5.87. The molecule has 8 heteroatoms. The Morgan fingerprint density at radius 3 is 2.61 bits per heavy atom. The Kier molecular flexibility index (Phi) is 7.80. The van der Waals surface area contributed by atoms with E-state index in [0.717, 1.165) is 76.5 Å². The number of carboxylic acids is 1. The molecule has 0 spiro atoms. The highest BCUT2D eigenvalue weighted by atomic mass is 16.5. The first-order chi connectivity index (χ1) is 16.0. The van der Waals surface area contributed by atoms with Crippen molar-refractivity contribution in [3.63, 3.8) is 0 Å². The van der Waals surface area contributed by atoms with Gasteiger partial charge in [0.25, 0.3) is 0 Å². The minimum atomic E-state index is -1.07. The van der Waals surface area contributed by atoms with Crippen LogP contribution in [0.5, 0.6) is 5.75 Å². The average Bonchev–Trinajstić information content (AvgIpc) is 2.83. The number of hydrogen-bond donors (Lipinski definition) is 2. The molecule has 1 aromatic heterocycles. The summed E-state index contributed by atoms with van der Waals surface area (Å²) in [5.41, 5.74) is 3.92. The molecule has 1 fully saturated rings. The Morgan fingerprint density at radius 1 is 1.12 bits per heavy atom. The quantitative estimate of drug-likeness (QED) is 0.599. The summed E-state index contributed by atoms with van der Waals surface area (Å²) in [6.45, 7) is 8.48. The summed E-state index contributed by atoms with van der Waals surface area (Å²) in [6, 6.07) is 9.75. The third-order valence-electron chi connectivity index (χ3n) is 6.40. The Labute approximate surface area is 196 Å². The highest BCUT2D eigenvalue weighted by molar-refractivity contribution is 5.89. The lowest BCUT2D eigenvalue weighted by atomic mass is 10.00. The van der Waals surface area contributed by atoms with Gasteiger partial charge in [-0.15, -0.1) is 0 Å². The SMILES string of the molecule is CN(C)CCN1CCN(CCOc2ccc(-c3ccc4c(c3)NCCC4)nc2C(=O)O)CC1. The van der Waals surface area contributed by atoms with Crippen LogP contribution < -0.4 is 10.1 Å². The summed E-state index contributed by atoms with van der Waals surface area (Å²) in [5, 5.41) is 13.1. The van der Waals surface area contributed by atoms with Gasteiger partial charge < -0.3 is 20.1 Å². The van der Waals surface area contributed by atoms with Crippen molar-refractivity contribution in [3.8, 4) is 17.0 Å². The third kappa shape index (κ3) is 6.22. The maximum atomic E-state index is 11.9. The van der Waals surface area contributed by atoms with Gasteiger partial charge >= 0.3 is 5.97 Å². The zero-order chi connectivity index (χ0) is 23.2. The lowest BCUT2D eigenvalue weighted by Crippen LogP contribution is -2.48. The first-order valence-electron chi connectivity index (χ1n) is 11.8. The standard InChI is InChI=1S/C25H35N5O3/c1-28(2)10-11-29-12-14-30(15-13-29)16-17-33-23-8-7-21(27-24(23)25(31)32)20-6-5-19-4-3-9-26-22(19)18-20/h5-8,18,26H,3-4,9-17H2,1-2H3,(H,31,32). The van der Waals surface area contributed by atoms with Gasteiger partial charge in [-0.1, -0.05) is 12.1 Å². The number of carbonyl (C=O) groups is 1. The first kappa shape index (κ1) is 23.5. The number of hydrogen-bond acceptors (Lipinski definition) is 7. The lowest BCUT2D eigenvalue weighted by molar-refractivity contribution is 0.0683. The van der Waals surface area contributed by atoms with Gasteiger partial charge in [-0.3, -0.25) is 9.80 Å². The lowest BCUT2D eigenvalue weighted by Gasteiger charge is -2.35. The highest BCUT2D eigenvalue weighted by Gasteiger charge is 2.19. The fourth-order valence-corrected chi connectivity index (χ4v) is 4.36. The van der Waals surface area contributed by atoms with E-state index in [2.05, 4.69) is 51.2 Å². The Balaban J connectivity index is 1.34. The van der Waals surface area contributed by atoms with Crippen LogP contribution in [0.3, 0.4) is 0 Å². The number of aromatic carboxylic acids is 1. The second-order valence-electron chi connectivity index (χ2n) is 9.09. The van der Waals surface area contributed by atoms with Gasteiger partial charge in [-0.05, 0) is 50.7 Å². The van der Waals surface area contributed by atoms with Crippen LogP contribution in [0, 0.1) is 0 Å². The number of aryl methyl sites for hydroxylation is 1. The van der Waals surface area contributed by atoms with Crippen molar-refractivity contribution in [2.24, 2.45) is 0 Å². The zero-order valence-electron chi connectivity index (χ0n) is 19.7. The van der Waals surface area contributed by atoms with E-state index in [9.17, 15) is 9.90 Å². The molecule has 1 saturated heterocycles. The van der Waals surface area contributed by atoms with Crippen LogP contribution in [0.2, 0.25) is 0 Å². The molecule has 2 aliphatic rings. The molecule has 2 aliphatic heterocycles. The van der Waals surface area contributed by atoms with Crippen LogP contribution in [-0.2, 0) is 6.42 Å². The minimum Gasteiger partial charge on any atom is -0.490 e. The molecule has 0 unspecified atom stereocenters. The minimum absolute atomic E-state index is 0.0355. The number of fused-ring (bicyclic) bond motifs is 1. The second kappa shape index (κ2) is 11.0. The van der Waals surface area contributed by atoms with Crippen molar-refractivity contribution in [2.45, 2.75) is 12.8 Å². The van der Waals surface area contributed by atoms with E-state index in [0.29, 0.717) is 18.1 Å². The molecule has 0 amide bonds. The van der Waals surface area contributed by atoms with Gasteiger partial charge in [0, 0.05) is 63.6 Å². The van der Waals surface area contributed by atoms with Crippen molar-refractivity contribution in [3.05, 3.63) is 41.6 Å². The molecule has 8 nitrogen and oxygen atoms in total. The number of nitrogens with zero attached hydrogens (tertiary/aromatic N) is 4. The maximum absolute atomic E-state index is 11.9. The molecule has 2 N–H and O–H groups in total. The average molecular weight is 454 g/mol. The van der Waals surface area contributed by atoms with Crippen LogP contribution in [0.4, 0.5) is 5.69 Å². The van der Waals surface area contributed by atoms with E-state index in [1.54, 1.807) is 6.07 Å². The molecule has 1 aromatic carbocycles. The molecule has 2 aromatic rings. The van der Waals surface area contributed by atoms with Crippen LogP contribution >= 0.6 is 0 Å². The van der Waals surface area contributed by atoms with E-state index in [-0.39, 0.29) is 5.69 Å². The molecule has 3 heterocycles. The monoisotopic (exact) mass is 453 g/mol. The van der Waals surface area contributed by atoms with Crippen molar-refractivity contribution in [2.75, 3.05) is 78.4 Å². The third-order valence-corrected chi connectivity index (χ3v) is 6.40. The number of carboxylic acid groups (broad SMARTS) is 1. The molecule has 0 bridgehead atoms. The molecule has 33 heavy (non-hydrogen) atoms. The van der Waals surface area contributed by atoms with Crippen LogP contribution in [0.25, 0.3) is 11.3 Å². The normalized spacial score (nSPS) is 16.9. The van der Waals surface area contributed by atoms with Crippen LogP contribution in [0.15, 0.2) is 30.3 Å². The van der Waals surface area contributed by atoms with Gasteiger partial charge in [-0.25, -0.2) is 9.78 Å². The molecule has 0 aliphatic carbocycles. The van der Waals surface area contributed by atoms with E-state index < -0.39 is 5.97 Å². The van der Waals surface area contributed by atoms with Crippen LogP contribution in [0.1, 0.15) is 22.5 Å². The summed E-state index contributed by atoms with van der Waals surface area (Å²) in [5.74, 6) is -0.746. The fraction of sp³-hybridized carbons (Fsp3) is 0.520. The molecule has 0 radical (unpaired) electrons. The number of piperazine rings is 1. The molecular formula is C25H35N5O3. The topological polar surface area (TPSA) is 81.2 Å². The number of rotatable bonds is 9. The number of benzene rings is 1. The van der Waals surface area contributed by atoms with Gasteiger partial charge in [-0.2, -0.15) is 0 Å². The van der Waals surface area contributed by atoms with Gasteiger partial charge in [0.15, 0.2) is 11.4 Å². The summed E-state index contributed by atoms with van der Waals surface area (Å²) >= 11 is 0. The molecule has 4 rings (SSSR count). The number of ether oxygens (including phenoxy) is 1. The van der Waals surface area contributed by atoms with Crippen molar-refractivity contribution < 1.29 is 14.6 Å². The highest BCUT2D eigenvalue weighted by Crippen LogP contribution is 2.29. The summed E-state index contributed by atoms with van der Waals surface area (Å²) in [6.07, 6.45) is 2.19. The molecule has 0 saturated carbocycles. The largest absolute Gasteiger partial charge is 0.490 e. The maximum Gasteiger partial charge on any atom is 0.358 e. The summed E-state index contributed by atoms with van der Waals surface area (Å²) in [7, 11) is 4.20. The van der Waals surface area contributed by atoms with E-state index in [4.69, 9.17) is 4.74 Å². The molecular weight excluding hydrogens is 418 g/mol. The Morgan fingerprint density at radius 2 is 1.88 bits per heavy atom. The first-order valence-corrected chi connectivity index (χ1v) is 11.8. The number of likely N-dealkylation sites (N-methyl/N-ethyl adjacent to an activating group) is 1.